The van der Waals surface area contributed by atoms with Gasteiger partial charge in [0.2, 0.25) is 0 Å². The van der Waals surface area contributed by atoms with Gasteiger partial charge < -0.3 is 15.0 Å². The van der Waals surface area contributed by atoms with Crippen LogP contribution in [0.4, 0.5) is 5.13 Å². The highest BCUT2D eigenvalue weighted by molar-refractivity contribution is 7.22. The average molecular weight is 439 g/mol. The summed E-state index contributed by atoms with van der Waals surface area (Å²) in [6, 6.07) is 11.7. The van der Waals surface area contributed by atoms with Gasteiger partial charge in [0.25, 0.3) is 5.91 Å². The number of amides is 1. The molecule has 1 aliphatic heterocycles. The van der Waals surface area contributed by atoms with Gasteiger partial charge in [-0.3, -0.25) is 9.69 Å². The van der Waals surface area contributed by atoms with E-state index in [1.54, 1.807) is 23.5 Å². The molecule has 164 valence electrons. The van der Waals surface area contributed by atoms with Crippen molar-refractivity contribution >= 4 is 32.6 Å². The predicted molar refractivity (Wildman–Crippen MR) is 128 cm³/mol. The summed E-state index contributed by atoms with van der Waals surface area (Å²) in [4.78, 5) is 22.0. The maximum atomic E-state index is 12.3. The first-order valence-electron chi connectivity index (χ1n) is 10.9. The molecule has 1 N–H and O–H groups in total. The molecule has 1 aromatic heterocycles. The lowest BCUT2D eigenvalue weighted by Crippen LogP contribution is -2.48. The van der Waals surface area contributed by atoms with E-state index in [0.29, 0.717) is 18.7 Å². The highest BCUT2D eigenvalue weighted by Gasteiger charge is 2.20. The fourth-order valence-corrected chi connectivity index (χ4v) is 5.15. The van der Waals surface area contributed by atoms with Gasteiger partial charge in [0, 0.05) is 44.8 Å². The zero-order chi connectivity index (χ0) is 21.8. The molecule has 1 amide bonds. The van der Waals surface area contributed by atoms with Crippen LogP contribution in [-0.4, -0.2) is 61.7 Å². The molecule has 0 aliphatic carbocycles. The average Bonchev–Trinajstić information content (AvgIpc) is 3.19. The van der Waals surface area contributed by atoms with Crippen LogP contribution in [0.5, 0.6) is 5.75 Å². The van der Waals surface area contributed by atoms with Crippen molar-refractivity contribution in [3.63, 3.8) is 0 Å². The molecule has 0 unspecified atom stereocenters. The van der Waals surface area contributed by atoms with E-state index in [1.165, 1.54) is 15.8 Å². The predicted octanol–water partition coefficient (Wildman–Crippen LogP) is 3.86. The number of anilines is 1. The van der Waals surface area contributed by atoms with Crippen LogP contribution in [0.2, 0.25) is 0 Å². The number of piperazine rings is 1. The molecule has 7 heteroatoms. The Bertz CT molecular complexity index is 1040. The topological polar surface area (TPSA) is 57.7 Å². The Morgan fingerprint density at radius 3 is 2.58 bits per heavy atom. The Morgan fingerprint density at radius 1 is 1.13 bits per heavy atom. The first kappa shape index (κ1) is 21.6. The highest BCUT2D eigenvalue weighted by atomic mass is 32.1. The van der Waals surface area contributed by atoms with Gasteiger partial charge in [-0.2, -0.15) is 0 Å². The van der Waals surface area contributed by atoms with Gasteiger partial charge in [0.05, 0.1) is 16.8 Å². The number of carbonyl (C=O) groups is 1. The molecular formula is C24H30N4O2S. The van der Waals surface area contributed by atoms with Crippen LogP contribution in [0.3, 0.4) is 0 Å². The fraction of sp³-hybridized carbons (Fsp3) is 0.417. The number of fused-ring (bicyclic) bond motifs is 1. The number of benzene rings is 2. The first-order chi connectivity index (χ1) is 15.0. The summed E-state index contributed by atoms with van der Waals surface area (Å²) in [7, 11) is 0. The Kier molecular flexibility index (Phi) is 6.73. The van der Waals surface area contributed by atoms with Gasteiger partial charge in [0.1, 0.15) is 5.75 Å². The van der Waals surface area contributed by atoms with Crippen molar-refractivity contribution < 1.29 is 9.53 Å². The normalized spacial score (nSPS) is 14.7. The number of thiazole rings is 1. The zero-order valence-electron chi connectivity index (χ0n) is 18.5. The minimum absolute atomic E-state index is 0.0400. The molecule has 0 radical (unpaired) electrons. The number of hydrogen-bond acceptors (Lipinski definition) is 6. The second-order valence-corrected chi connectivity index (χ2v) is 8.98. The SMILES string of the molecule is CCOc1ccc(C(=O)NCCN2CCN(c3nc4c(C)cc(C)cc4s3)CC2)cc1. The smallest absolute Gasteiger partial charge is 0.251 e. The van der Waals surface area contributed by atoms with Crippen LogP contribution in [0.15, 0.2) is 36.4 Å². The van der Waals surface area contributed by atoms with Crippen molar-refractivity contribution in [2.24, 2.45) is 0 Å². The molecule has 6 nitrogen and oxygen atoms in total. The van der Waals surface area contributed by atoms with E-state index in [2.05, 4.69) is 41.1 Å². The van der Waals surface area contributed by atoms with E-state index in [4.69, 9.17) is 9.72 Å². The third kappa shape index (κ3) is 5.17. The monoisotopic (exact) mass is 438 g/mol. The van der Waals surface area contributed by atoms with E-state index in [-0.39, 0.29) is 5.91 Å². The molecule has 0 bridgehead atoms. The van der Waals surface area contributed by atoms with Crippen LogP contribution in [0.1, 0.15) is 28.4 Å². The van der Waals surface area contributed by atoms with Crippen LogP contribution in [-0.2, 0) is 0 Å². The maximum absolute atomic E-state index is 12.3. The Morgan fingerprint density at radius 2 is 1.87 bits per heavy atom. The molecule has 4 rings (SSSR count). The Balaban J connectivity index is 1.24. The number of ether oxygens (including phenoxy) is 1. The third-order valence-electron chi connectivity index (χ3n) is 5.60. The quantitative estimate of drug-likeness (QED) is 0.607. The number of aromatic nitrogens is 1. The van der Waals surface area contributed by atoms with Crippen LogP contribution >= 0.6 is 11.3 Å². The summed E-state index contributed by atoms with van der Waals surface area (Å²) in [5, 5.41) is 4.14. The first-order valence-corrected chi connectivity index (χ1v) is 11.7. The Labute approximate surface area is 187 Å². The number of nitrogens with one attached hydrogen (secondary N) is 1. The molecule has 1 fully saturated rings. The molecule has 1 aliphatic rings. The van der Waals surface area contributed by atoms with Gasteiger partial charge in [-0.1, -0.05) is 17.4 Å². The van der Waals surface area contributed by atoms with Crippen LogP contribution in [0, 0.1) is 13.8 Å². The summed E-state index contributed by atoms with van der Waals surface area (Å²) in [6.07, 6.45) is 0. The number of rotatable bonds is 7. The molecule has 0 saturated carbocycles. The number of nitrogens with zero attached hydrogens (tertiary/aromatic N) is 3. The largest absolute Gasteiger partial charge is 0.494 e. The summed E-state index contributed by atoms with van der Waals surface area (Å²) >= 11 is 1.79. The molecule has 31 heavy (non-hydrogen) atoms. The molecule has 3 aromatic rings. The summed E-state index contributed by atoms with van der Waals surface area (Å²) in [5.41, 5.74) is 4.33. The summed E-state index contributed by atoms with van der Waals surface area (Å²) in [6.45, 7) is 12.2. The Hall–Kier alpha value is -2.64. The van der Waals surface area contributed by atoms with Gasteiger partial charge in [-0.25, -0.2) is 4.98 Å². The number of aryl methyl sites for hydroxylation is 2. The number of hydrogen-bond donors (Lipinski definition) is 1. The molecule has 0 atom stereocenters. The molecular weight excluding hydrogens is 408 g/mol. The van der Waals surface area contributed by atoms with Crippen molar-refractivity contribution in [3.05, 3.63) is 53.1 Å². The van der Waals surface area contributed by atoms with E-state index < -0.39 is 0 Å². The minimum atomic E-state index is -0.0400. The van der Waals surface area contributed by atoms with E-state index in [0.717, 1.165) is 49.1 Å². The second-order valence-electron chi connectivity index (χ2n) is 7.97. The van der Waals surface area contributed by atoms with E-state index in [1.807, 2.05) is 19.1 Å². The summed E-state index contributed by atoms with van der Waals surface area (Å²) < 4.78 is 6.69. The lowest BCUT2D eigenvalue weighted by Gasteiger charge is -2.34. The fourth-order valence-electron chi connectivity index (χ4n) is 3.96. The van der Waals surface area contributed by atoms with Gasteiger partial charge in [-0.15, -0.1) is 0 Å². The minimum Gasteiger partial charge on any atom is -0.494 e. The molecule has 2 aromatic carbocycles. The molecule has 1 saturated heterocycles. The maximum Gasteiger partial charge on any atom is 0.251 e. The van der Waals surface area contributed by atoms with Gasteiger partial charge in [0.15, 0.2) is 5.13 Å². The van der Waals surface area contributed by atoms with E-state index >= 15 is 0 Å². The van der Waals surface area contributed by atoms with Crippen molar-refractivity contribution in [1.82, 2.24) is 15.2 Å². The number of carbonyl (C=O) groups excluding carboxylic acids is 1. The molecule has 2 heterocycles. The zero-order valence-corrected chi connectivity index (χ0v) is 19.3. The van der Waals surface area contributed by atoms with Crippen molar-refractivity contribution in [1.29, 1.82) is 0 Å². The summed E-state index contributed by atoms with van der Waals surface area (Å²) in [5.74, 6) is 0.747. The third-order valence-corrected chi connectivity index (χ3v) is 6.67. The van der Waals surface area contributed by atoms with E-state index in [9.17, 15) is 4.79 Å². The van der Waals surface area contributed by atoms with Gasteiger partial charge in [-0.05, 0) is 62.2 Å². The lowest BCUT2D eigenvalue weighted by molar-refractivity contribution is 0.0947. The van der Waals surface area contributed by atoms with Gasteiger partial charge >= 0.3 is 0 Å². The van der Waals surface area contributed by atoms with Crippen LogP contribution < -0.4 is 15.0 Å². The van der Waals surface area contributed by atoms with Crippen molar-refractivity contribution in [2.75, 3.05) is 50.8 Å². The lowest BCUT2D eigenvalue weighted by atomic mass is 10.1. The second kappa shape index (κ2) is 9.66. The standard InChI is InChI=1S/C24H30N4O2S/c1-4-30-20-7-5-19(6-8-20)23(29)25-9-10-27-11-13-28(14-12-27)24-26-22-18(3)15-17(2)16-21(22)31-24/h5-8,15-16H,4,9-14H2,1-3H3,(H,25,29). The highest BCUT2D eigenvalue weighted by Crippen LogP contribution is 2.32. The van der Waals surface area contributed by atoms with Crippen molar-refractivity contribution in [3.8, 4) is 5.75 Å². The van der Waals surface area contributed by atoms with Crippen molar-refractivity contribution in [2.45, 2.75) is 20.8 Å². The van der Waals surface area contributed by atoms with Crippen LogP contribution in [0.25, 0.3) is 10.2 Å². The molecule has 0 spiro atoms.